The first-order valence-corrected chi connectivity index (χ1v) is 10.1. The number of imide groups is 1. The molecule has 0 N–H and O–H groups in total. The van der Waals surface area contributed by atoms with Crippen LogP contribution in [0.25, 0.3) is 0 Å². The van der Waals surface area contributed by atoms with Crippen molar-refractivity contribution in [2.45, 2.75) is 59.2 Å². The van der Waals surface area contributed by atoms with Gasteiger partial charge in [0.05, 0.1) is 0 Å². The maximum Gasteiger partial charge on any atom is 0.525 e. The Hall–Kier alpha value is -0.673. The van der Waals surface area contributed by atoms with E-state index in [1.165, 1.54) is 0 Å². The maximum atomic E-state index is 12.7. The Bertz CT molecular complexity index is 432. The molecule has 9 heteroatoms. The highest BCUT2D eigenvalue weighted by molar-refractivity contribution is 6.63. The number of hydrogen-bond donors (Lipinski definition) is 0. The largest absolute Gasteiger partial charge is 0.525 e. The normalized spacial score (nSPS) is 19.6. The van der Waals surface area contributed by atoms with Crippen molar-refractivity contribution in [3.8, 4) is 0 Å². The first-order chi connectivity index (χ1) is 10.7. The van der Waals surface area contributed by atoms with E-state index in [2.05, 4.69) is 0 Å². The van der Waals surface area contributed by atoms with E-state index in [4.69, 9.17) is 25.1 Å². The van der Waals surface area contributed by atoms with Gasteiger partial charge in [-0.05, 0) is 41.0 Å². The Balaban J connectivity index is 3.31. The molecule has 1 unspecified atom stereocenters. The highest BCUT2D eigenvalue weighted by Gasteiger charge is 2.61. The van der Waals surface area contributed by atoms with Gasteiger partial charge in [0, 0.05) is 31.6 Å². The topological polar surface area (TPSA) is 68.3 Å². The Morgan fingerprint density at radius 3 is 1.74 bits per heavy atom. The quantitative estimate of drug-likeness (QED) is 0.356. The van der Waals surface area contributed by atoms with E-state index >= 15 is 0 Å². The number of urea groups is 1. The van der Waals surface area contributed by atoms with Crippen LogP contribution in [0.3, 0.4) is 0 Å². The van der Waals surface area contributed by atoms with Crippen molar-refractivity contribution in [2.75, 3.05) is 19.8 Å². The standard InChI is InChI=1S/C14H27ClN2O5Si/c1-7-11(23(20-8-2,21-9-3)22-10-4)16-12(18)14(5,6)17(15)13(16)19/h11H,7-10H2,1-6H3. The van der Waals surface area contributed by atoms with Crippen LogP contribution in [-0.2, 0) is 18.1 Å². The average Bonchev–Trinajstić information content (AvgIpc) is 2.63. The molecule has 1 fully saturated rings. The summed E-state index contributed by atoms with van der Waals surface area (Å²) in [5, 5.41) is 0. The van der Waals surface area contributed by atoms with Crippen LogP contribution in [-0.4, -0.2) is 61.1 Å². The van der Waals surface area contributed by atoms with E-state index in [-0.39, 0.29) is 5.91 Å². The summed E-state index contributed by atoms with van der Waals surface area (Å²) >= 11 is 6.04. The van der Waals surface area contributed by atoms with E-state index in [0.717, 1.165) is 9.32 Å². The lowest BCUT2D eigenvalue weighted by molar-refractivity contribution is -0.132. The lowest BCUT2D eigenvalue weighted by Gasteiger charge is -2.38. The first-order valence-electron chi connectivity index (χ1n) is 7.98. The second-order valence-corrected chi connectivity index (χ2v) is 8.70. The number of carbonyl (C=O) groups excluding carboxylic acids is 2. The molecular weight excluding hydrogens is 340 g/mol. The molecule has 1 rings (SSSR count). The Kier molecular flexibility index (Phi) is 7.03. The van der Waals surface area contributed by atoms with Crippen molar-refractivity contribution in [3.63, 3.8) is 0 Å². The number of halogens is 1. The van der Waals surface area contributed by atoms with E-state index in [0.29, 0.717) is 26.2 Å². The van der Waals surface area contributed by atoms with Gasteiger partial charge in [-0.3, -0.25) is 9.69 Å². The van der Waals surface area contributed by atoms with Gasteiger partial charge in [-0.15, -0.1) is 0 Å². The maximum absolute atomic E-state index is 12.7. The van der Waals surface area contributed by atoms with Crippen molar-refractivity contribution >= 4 is 32.5 Å². The van der Waals surface area contributed by atoms with Crippen LogP contribution in [0.1, 0.15) is 48.0 Å². The third-order valence-corrected chi connectivity index (χ3v) is 7.87. The minimum atomic E-state index is -3.27. The van der Waals surface area contributed by atoms with Gasteiger partial charge in [0.1, 0.15) is 11.2 Å². The predicted molar refractivity (Wildman–Crippen MR) is 88.7 cm³/mol. The molecule has 1 aliphatic rings. The van der Waals surface area contributed by atoms with Gasteiger partial charge in [0.15, 0.2) is 0 Å². The van der Waals surface area contributed by atoms with E-state index in [1.807, 2.05) is 27.7 Å². The molecule has 1 atom stereocenters. The Morgan fingerprint density at radius 1 is 1.04 bits per heavy atom. The predicted octanol–water partition coefficient (Wildman–Crippen LogP) is 2.55. The third-order valence-electron chi connectivity index (χ3n) is 3.75. The van der Waals surface area contributed by atoms with Crippen molar-refractivity contribution in [2.24, 2.45) is 0 Å². The number of hydrogen-bond acceptors (Lipinski definition) is 5. The van der Waals surface area contributed by atoms with E-state index in [9.17, 15) is 9.59 Å². The number of carbonyl (C=O) groups is 2. The fourth-order valence-electron chi connectivity index (χ4n) is 2.68. The second kappa shape index (κ2) is 7.93. The van der Waals surface area contributed by atoms with Crippen molar-refractivity contribution < 1.29 is 22.9 Å². The van der Waals surface area contributed by atoms with Crippen LogP contribution in [0.15, 0.2) is 0 Å². The fourth-order valence-corrected chi connectivity index (χ4v) is 5.91. The molecule has 1 saturated heterocycles. The summed E-state index contributed by atoms with van der Waals surface area (Å²) in [6.45, 7) is 11.7. The molecule has 1 heterocycles. The Morgan fingerprint density at radius 2 is 1.48 bits per heavy atom. The SMILES string of the molecule is CCO[Si](OCC)(OCC)C(CC)N1C(=O)N(Cl)C(C)(C)C1=O. The van der Waals surface area contributed by atoms with Crippen molar-refractivity contribution in [1.82, 2.24) is 9.32 Å². The molecule has 1 aliphatic heterocycles. The third kappa shape index (κ3) is 3.56. The van der Waals surface area contributed by atoms with Crippen LogP contribution in [0.5, 0.6) is 0 Å². The zero-order valence-corrected chi connectivity index (χ0v) is 16.5. The lowest BCUT2D eigenvalue weighted by atomic mass is 10.1. The summed E-state index contributed by atoms with van der Waals surface area (Å²) in [4.78, 5) is 26.4. The fraction of sp³-hybridized carbons (Fsp3) is 0.857. The summed E-state index contributed by atoms with van der Waals surface area (Å²) < 4.78 is 18.5. The molecule has 7 nitrogen and oxygen atoms in total. The number of rotatable bonds is 9. The minimum absolute atomic E-state index is 0.368. The molecule has 0 aliphatic carbocycles. The number of nitrogens with zero attached hydrogens (tertiary/aromatic N) is 2. The summed E-state index contributed by atoms with van der Waals surface area (Å²) in [5.74, 6) is -0.375. The van der Waals surface area contributed by atoms with Crippen LogP contribution >= 0.6 is 11.8 Å². The summed E-state index contributed by atoms with van der Waals surface area (Å²) in [7, 11) is -3.27. The van der Waals surface area contributed by atoms with Gasteiger partial charge < -0.3 is 13.3 Å². The average molecular weight is 367 g/mol. The van der Waals surface area contributed by atoms with Gasteiger partial charge >= 0.3 is 14.8 Å². The molecule has 23 heavy (non-hydrogen) atoms. The second-order valence-electron chi connectivity index (χ2n) is 5.62. The molecule has 0 aromatic rings. The van der Waals surface area contributed by atoms with Crippen molar-refractivity contribution in [3.05, 3.63) is 0 Å². The molecule has 3 amide bonds. The highest BCUT2D eigenvalue weighted by atomic mass is 35.5. The number of amides is 3. The molecule has 0 radical (unpaired) electrons. The Labute approximate surface area is 144 Å². The summed E-state index contributed by atoms with van der Waals surface area (Å²) in [6.07, 6.45) is 0.463. The molecule has 0 bridgehead atoms. The van der Waals surface area contributed by atoms with Crippen LogP contribution < -0.4 is 0 Å². The van der Waals surface area contributed by atoms with Crippen LogP contribution in [0.2, 0.25) is 0 Å². The van der Waals surface area contributed by atoms with Gasteiger partial charge in [0.25, 0.3) is 5.91 Å². The van der Waals surface area contributed by atoms with Gasteiger partial charge in [-0.1, -0.05) is 6.92 Å². The van der Waals surface area contributed by atoms with Crippen LogP contribution in [0.4, 0.5) is 4.79 Å². The summed E-state index contributed by atoms with van der Waals surface area (Å²) in [6, 6.07) is -0.565. The van der Waals surface area contributed by atoms with Crippen molar-refractivity contribution in [1.29, 1.82) is 0 Å². The summed E-state index contributed by atoms with van der Waals surface area (Å²) in [5.41, 5.74) is -1.72. The van der Waals surface area contributed by atoms with Crippen LogP contribution in [0, 0.1) is 0 Å². The first kappa shape index (κ1) is 20.4. The molecular formula is C14H27ClN2O5Si. The monoisotopic (exact) mass is 366 g/mol. The van der Waals surface area contributed by atoms with Gasteiger partial charge in [-0.25, -0.2) is 9.21 Å². The van der Waals surface area contributed by atoms with E-state index in [1.54, 1.807) is 13.8 Å². The zero-order valence-electron chi connectivity index (χ0n) is 14.7. The zero-order chi connectivity index (χ0) is 17.8. The molecule has 0 aromatic carbocycles. The van der Waals surface area contributed by atoms with Gasteiger partial charge in [0.2, 0.25) is 0 Å². The minimum Gasteiger partial charge on any atom is -0.373 e. The van der Waals surface area contributed by atoms with E-state index < -0.39 is 26.0 Å². The molecule has 0 saturated carbocycles. The smallest absolute Gasteiger partial charge is 0.373 e. The van der Waals surface area contributed by atoms with Gasteiger partial charge in [-0.2, -0.15) is 0 Å². The molecule has 0 spiro atoms. The molecule has 0 aromatic heterocycles. The lowest BCUT2D eigenvalue weighted by Crippen LogP contribution is -2.64. The molecule has 134 valence electrons. The highest BCUT2D eigenvalue weighted by Crippen LogP contribution is 2.35.